The van der Waals surface area contributed by atoms with E-state index in [1.54, 1.807) is 13.0 Å². The Balaban J connectivity index is 0.00000208. The molecule has 0 bridgehead atoms. The highest BCUT2D eigenvalue weighted by atomic mass is 35.5. The molecule has 0 saturated carbocycles. The fraction of sp³-hybridized carbons (Fsp3) is 0.375. The van der Waals surface area contributed by atoms with Crippen molar-refractivity contribution in [3.05, 3.63) is 46.5 Å². The van der Waals surface area contributed by atoms with Crippen LogP contribution in [-0.2, 0) is 13.0 Å². The summed E-state index contributed by atoms with van der Waals surface area (Å²) >= 11 is 0. The number of aromatic amines is 1. The van der Waals surface area contributed by atoms with E-state index in [0.717, 1.165) is 24.2 Å². The van der Waals surface area contributed by atoms with Crippen LogP contribution in [0.1, 0.15) is 40.3 Å². The van der Waals surface area contributed by atoms with Crippen molar-refractivity contribution in [2.75, 3.05) is 13.7 Å². The van der Waals surface area contributed by atoms with Crippen LogP contribution in [0.4, 0.5) is 4.39 Å². The molecule has 1 aliphatic rings. The van der Waals surface area contributed by atoms with Crippen molar-refractivity contribution in [1.29, 1.82) is 0 Å². The molecular formula is C16H20ClFN4O2. The number of nitrogens with one attached hydrogen (secondary N) is 3. The number of carbonyl (C=O) groups is 1. The molecule has 1 aromatic heterocycles. The lowest BCUT2D eigenvalue weighted by Gasteiger charge is -2.18. The molecule has 3 rings (SSSR count). The molecule has 130 valence electrons. The summed E-state index contributed by atoms with van der Waals surface area (Å²) in [5.74, 6) is -0.127. The summed E-state index contributed by atoms with van der Waals surface area (Å²) in [7, 11) is 1.51. The van der Waals surface area contributed by atoms with Gasteiger partial charge >= 0.3 is 0 Å². The van der Waals surface area contributed by atoms with Crippen molar-refractivity contribution in [2.45, 2.75) is 25.9 Å². The van der Waals surface area contributed by atoms with Gasteiger partial charge in [0.2, 0.25) is 0 Å². The average molecular weight is 355 g/mol. The van der Waals surface area contributed by atoms with Gasteiger partial charge in [-0.15, -0.1) is 12.4 Å². The van der Waals surface area contributed by atoms with Gasteiger partial charge < -0.3 is 15.4 Å². The molecule has 1 aliphatic heterocycles. The highest BCUT2D eigenvalue weighted by Gasteiger charge is 2.23. The number of ether oxygens (including phenoxy) is 1. The number of aromatic nitrogens is 2. The van der Waals surface area contributed by atoms with Crippen LogP contribution < -0.4 is 15.4 Å². The molecule has 8 heteroatoms. The summed E-state index contributed by atoms with van der Waals surface area (Å²) in [5, 5.41) is 13.1. The molecule has 0 radical (unpaired) electrons. The lowest BCUT2D eigenvalue weighted by Crippen LogP contribution is -2.30. The maximum Gasteiger partial charge on any atom is 0.272 e. The van der Waals surface area contributed by atoms with E-state index in [9.17, 15) is 9.18 Å². The van der Waals surface area contributed by atoms with E-state index in [2.05, 4.69) is 20.8 Å². The smallest absolute Gasteiger partial charge is 0.272 e. The van der Waals surface area contributed by atoms with E-state index in [1.165, 1.54) is 19.2 Å². The van der Waals surface area contributed by atoms with Gasteiger partial charge in [0.1, 0.15) is 11.6 Å². The number of amides is 1. The molecule has 6 nitrogen and oxygen atoms in total. The van der Waals surface area contributed by atoms with Crippen LogP contribution in [0.15, 0.2) is 18.2 Å². The van der Waals surface area contributed by atoms with Crippen molar-refractivity contribution >= 4 is 18.3 Å². The monoisotopic (exact) mass is 354 g/mol. The van der Waals surface area contributed by atoms with Gasteiger partial charge in [-0.25, -0.2) is 4.39 Å². The topological polar surface area (TPSA) is 79.0 Å². The van der Waals surface area contributed by atoms with E-state index in [1.807, 2.05) is 0 Å². The minimum absolute atomic E-state index is 0. The van der Waals surface area contributed by atoms with Crippen LogP contribution in [0.25, 0.3) is 0 Å². The predicted molar refractivity (Wildman–Crippen MR) is 90.1 cm³/mol. The second-order valence-corrected chi connectivity index (χ2v) is 5.54. The van der Waals surface area contributed by atoms with Gasteiger partial charge in [0, 0.05) is 36.3 Å². The number of carbonyl (C=O) groups excluding carboxylic acids is 1. The summed E-state index contributed by atoms with van der Waals surface area (Å²) in [6.45, 7) is 3.27. The molecule has 0 spiro atoms. The van der Waals surface area contributed by atoms with Gasteiger partial charge in [0.05, 0.1) is 13.2 Å². The zero-order valence-corrected chi connectivity index (χ0v) is 14.3. The summed E-state index contributed by atoms with van der Waals surface area (Å²) in [4.78, 5) is 12.5. The third-order valence-electron chi connectivity index (χ3n) is 4.03. The van der Waals surface area contributed by atoms with E-state index in [-0.39, 0.29) is 24.1 Å². The molecule has 0 aliphatic carbocycles. The molecule has 1 aromatic carbocycles. The zero-order chi connectivity index (χ0) is 16.4. The summed E-state index contributed by atoms with van der Waals surface area (Å²) in [6.07, 6.45) is 0.822. The first-order valence-electron chi connectivity index (χ1n) is 7.51. The quantitative estimate of drug-likeness (QED) is 0.785. The van der Waals surface area contributed by atoms with Gasteiger partial charge in [-0.3, -0.25) is 9.89 Å². The molecule has 2 heterocycles. The predicted octanol–water partition coefficient (Wildman–Crippen LogP) is 2.12. The minimum atomic E-state index is -0.406. The number of fused-ring (bicyclic) bond motifs is 1. The van der Waals surface area contributed by atoms with Crippen molar-refractivity contribution in [1.82, 2.24) is 20.8 Å². The highest BCUT2D eigenvalue weighted by Crippen LogP contribution is 2.26. The summed E-state index contributed by atoms with van der Waals surface area (Å²) in [6, 6.07) is 3.84. The van der Waals surface area contributed by atoms with Gasteiger partial charge in [-0.05, 0) is 25.1 Å². The lowest BCUT2D eigenvalue weighted by molar-refractivity contribution is 0.0933. The molecule has 24 heavy (non-hydrogen) atoms. The normalized spacial score (nSPS) is 14.3. The van der Waals surface area contributed by atoms with E-state index < -0.39 is 6.04 Å². The molecular weight excluding hydrogens is 335 g/mol. The summed E-state index contributed by atoms with van der Waals surface area (Å²) in [5.41, 5.74) is 2.86. The van der Waals surface area contributed by atoms with Gasteiger partial charge in [-0.2, -0.15) is 5.10 Å². The lowest BCUT2D eigenvalue weighted by atomic mass is 10.0. The maximum absolute atomic E-state index is 13.5. The van der Waals surface area contributed by atoms with Gasteiger partial charge in [0.15, 0.2) is 5.69 Å². The van der Waals surface area contributed by atoms with E-state index in [4.69, 9.17) is 4.74 Å². The molecule has 3 N–H and O–H groups in total. The fourth-order valence-corrected chi connectivity index (χ4v) is 2.80. The fourth-order valence-electron chi connectivity index (χ4n) is 2.80. The number of H-pyrrole nitrogens is 1. The Morgan fingerprint density at radius 3 is 3.00 bits per heavy atom. The second-order valence-electron chi connectivity index (χ2n) is 5.54. The number of halogens is 2. The number of benzene rings is 1. The average Bonchev–Trinajstić information content (AvgIpc) is 2.98. The first-order valence-corrected chi connectivity index (χ1v) is 7.51. The Hall–Kier alpha value is -2.12. The number of nitrogens with zero attached hydrogens (tertiary/aromatic N) is 1. The third kappa shape index (κ3) is 3.52. The first kappa shape index (κ1) is 18.2. The minimum Gasteiger partial charge on any atom is -0.496 e. The number of hydrogen-bond acceptors (Lipinski definition) is 4. The number of rotatable bonds is 4. The van der Waals surface area contributed by atoms with Gasteiger partial charge in [-0.1, -0.05) is 0 Å². The SMILES string of the molecule is COc1ccc(F)cc1C(C)NC(=O)c1n[nH]c2c1CNCC2.Cl. The highest BCUT2D eigenvalue weighted by molar-refractivity contribution is 5.94. The Labute approximate surface area is 145 Å². The van der Waals surface area contributed by atoms with Crippen LogP contribution in [0.5, 0.6) is 5.75 Å². The van der Waals surface area contributed by atoms with E-state index >= 15 is 0 Å². The van der Waals surface area contributed by atoms with Crippen molar-refractivity contribution in [2.24, 2.45) is 0 Å². The van der Waals surface area contributed by atoms with Crippen molar-refractivity contribution < 1.29 is 13.9 Å². The first-order chi connectivity index (χ1) is 11.1. The molecule has 2 aromatic rings. The Bertz CT molecular complexity index is 735. The summed E-state index contributed by atoms with van der Waals surface area (Å²) < 4.78 is 18.7. The Morgan fingerprint density at radius 1 is 1.46 bits per heavy atom. The maximum atomic E-state index is 13.5. The van der Waals surface area contributed by atoms with Crippen LogP contribution >= 0.6 is 12.4 Å². The van der Waals surface area contributed by atoms with Crippen molar-refractivity contribution in [3.63, 3.8) is 0 Å². The van der Waals surface area contributed by atoms with Crippen LogP contribution in [0, 0.1) is 5.82 Å². The molecule has 1 atom stereocenters. The molecule has 1 amide bonds. The molecule has 0 saturated heterocycles. The number of methoxy groups -OCH3 is 1. The van der Waals surface area contributed by atoms with Crippen LogP contribution in [0.2, 0.25) is 0 Å². The van der Waals surface area contributed by atoms with Crippen LogP contribution in [-0.4, -0.2) is 29.8 Å². The second kappa shape index (κ2) is 7.63. The van der Waals surface area contributed by atoms with Crippen LogP contribution in [0.3, 0.4) is 0 Å². The third-order valence-corrected chi connectivity index (χ3v) is 4.03. The standard InChI is InChI=1S/C16H19FN4O2.ClH/c1-9(11-7-10(17)3-4-14(11)23-2)19-16(22)15-12-8-18-6-5-13(12)20-21-15;/h3-4,7,9,18H,5-6,8H2,1-2H3,(H,19,22)(H,20,21);1H. The molecule has 0 fully saturated rings. The van der Waals surface area contributed by atoms with Gasteiger partial charge in [0.25, 0.3) is 5.91 Å². The number of hydrogen-bond donors (Lipinski definition) is 3. The van der Waals surface area contributed by atoms with Crippen molar-refractivity contribution in [3.8, 4) is 5.75 Å². The van der Waals surface area contributed by atoms with E-state index in [0.29, 0.717) is 23.6 Å². The largest absolute Gasteiger partial charge is 0.496 e. The zero-order valence-electron chi connectivity index (χ0n) is 13.5. The Morgan fingerprint density at radius 2 is 2.25 bits per heavy atom. The molecule has 1 unspecified atom stereocenters. The Kier molecular flexibility index (Phi) is 5.80.